The average molecular weight is 259 g/mol. The van der Waals surface area contributed by atoms with E-state index in [0.717, 1.165) is 5.76 Å². The van der Waals surface area contributed by atoms with Crippen LogP contribution in [0.4, 0.5) is 0 Å². The van der Waals surface area contributed by atoms with Crippen molar-refractivity contribution in [2.45, 2.75) is 26.3 Å². The molecule has 4 nitrogen and oxygen atoms in total. The third-order valence-electron chi connectivity index (χ3n) is 3.01. The van der Waals surface area contributed by atoms with Gasteiger partial charge in [0.1, 0.15) is 11.5 Å². The van der Waals surface area contributed by atoms with Crippen LogP contribution in [0.15, 0.2) is 41.0 Å². The Morgan fingerprint density at radius 3 is 2.84 bits per heavy atom. The van der Waals surface area contributed by atoms with Crippen molar-refractivity contribution in [2.24, 2.45) is 0 Å². The number of nitrogens with one attached hydrogen (secondary N) is 1. The first kappa shape index (κ1) is 13.2. The minimum atomic E-state index is -0.188. The van der Waals surface area contributed by atoms with Crippen molar-refractivity contribution in [3.8, 4) is 5.75 Å². The van der Waals surface area contributed by atoms with Crippen molar-refractivity contribution < 1.29 is 14.3 Å². The number of rotatable bonds is 4. The molecule has 4 heteroatoms. The van der Waals surface area contributed by atoms with E-state index in [1.54, 1.807) is 31.4 Å². The smallest absolute Gasteiger partial charge is 0.251 e. The Hall–Kier alpha value is -2.23. The summed E-state index contributed by atoms with van der Waals surface area (Å²) >= 11 is 0. The van der Waals surface area contributed by atoms with E-state index >= 15 is 0 Å². The minimum Gasteiger partial charge on any atom is -0.508 e. The molecular formula is C15H17NO3. The first-order valence-electron chi connectivity index (χ1n) is 6.19. The van der Waals surface area contributed by atoms with Gasteiger partial charge in [0.25, 0.3) is 5.91 Å². The number of phenolic OH excluding ortho intramolecular Hbond substituents is 1. The quantitative estimate of drug-likeness (QED) is 0.887. The van der Waals surface area contributed by atoms with E-state index < -0.39 is 0 Å². The molecule has 0 bridgehead atoms. The lowest BCUT2D eigenvalue weighted by Gasteiger charge is -2.14. The molecule has 1 amide bonds. The first-order chi connectivity index (χ1) is 9.08. The number of aromatic hydroxyl groups is 1. The Kier molecular flexibility index (Phi) is 3.90. The summed E-state index contributed by atoms with van der Waals surface area (Å²) in [6.45, 7) is 3.64. The molecule has 0 saturated heterocycles. The number of furan rings is 1. The van der Waals surface area contributed by atoms with Crippen molar-refractivity contribution >= 4 is 5.91 Å². The molecule has 0 radical (unpaired) electrons. The zero-order chi connectivity index (χ0) is 13.8. The molecule has 1 aromatic carbocycles. The summed E-state index contributed by atoms with van der Waals surface area (Å²) in [5.41, 5.74) is 1.08. The van der Waals surface area contributed by atoms with Crippen molar-refractivity contribution in [1.29, 1.82) is 0 Å². The number of hydrogen-bond acceptors (Lipinski definition) is 3. The van der Waals surface area contributed by atoms with Gasteiger partial charge in [0.15, 0.2) is 0 Å². The SMILES string of the molecule is Cc1c(O)cccc1C(=O)NC(C)Cc1ccco1. The van der Waals surface area contributed by atoms with Gasteiger partial charge in [-0.3, -0.25) is 4.79 Å². The molecule has 1 atom stereocenters. The van der Waals surface area contributed by atoms with E-state index in [-0.39, 0.29) is 17.7 Å². The fourth-order valence-electron chi connectivity index (χ4n) is 1.95. The third-order valence-corrected chi connectivity index (χ3v) is 3.01. The topological polar surface area (TPSA) is 62.5 Å². The minimum absolute atomic E-state index is 0.0413. The summed E-state index contributed by atoms with van der Waals surface area (Å²) in [6.07, 6.45) is 2.25. The van der Waals surface area contributed by atoms with Gasteiger partial charge in [-0.15, -0.1) is 0 Å². The molecule has 2 N–H and O–H groups in total. The lowest BCUT2D eigenvalue weighted by atomic mass is 10.1. The van der Waals surface area contributed by atoms with Gasteiger partial charge in [-0.2, -0.15) is 0 Å². The van der Waals surface area contributed by atoms with Gasteiger partial charge in [0.2, 0.25) is 0 Å². The second kappa shape index (κ2) is 5.61. The van der Waals surface area contributed by atoms with Crippen LogP contribution in [0, 0.1) is 6.92 Å². The Labute approximate surface area is 112 Å². The molecule has 0 aliphatic heterocycles. The Balaban J connectivity index is 2.02. The molecule has 0 spiro atoms. The average Bonchev–Trinajstić information content (AvgIpc) is 2.85. The number of benzene rings is 1. The molecular weight excluding hydrogens is 242 g/mol. The van der Waals surface area contributed by atoms with Crippen LogP contribution in [0.1, 0.15) is 28.6 Å². The Bertz CT molecular complexity index is 561. The highest BCUT2D eigenvalue weighted by atomic mass is 16.3. The first-order valence-corrected chi connectivity index (χ1v) is 6.19. The highest BCUT2D eigenvalue weighted by Gasteiger charge is 2.14. The lowest BCUT2D eigenvalue weighted by Crippen LogP contribution is -2.34. The van der Waals surface area contributed by atoms with Gasteiger partial charge in [0, 0.05) is 23.6 Å². The summed E-state index contributed by atoms with van der Waals surface area (Å²) in [4.78, 5) is 12.1. The van der Waals surface area contributed by atoms with Crippen molar-refractivity contribution in [3.05, 3.63) is 53.5 Å². The standard InChI is InChI=1S/C15H17NO3/c1-10(9-12-5-4-8-19-12)16-15(18)13-6-3-7-14(17)11(13)2/h3-8,10,17H,9H2,1-2H3,(H,16,18). The number of carbonyl (C=O) groups is 1. The van der Waals surface area contributed by atoms with Crippen LogP contribution >= 0.6 is 0 Å². The fourth-order valence-corrected chi connectivity index (χ4v) is 1.95. The lowest BCUT2D eigenvalue weighted by molar-refractivity contribution is 0.0938. The molecule has 1 aromatic heterocycles. The van der Waals surface area contributed by atoms with E-state index in [1.165, 1.54) is 0 Å². The number of amides is 1. The normalized spacial score (nSPS) is 12.1. The highest BCUT2D eigenvalue weighted by Crippen LogP contribution is 2.19. The van der Waals surface area contributed by atoms with Crippen LogP contribution in [0.2, 0.25) is 0 Å². The fraction of sp³-hybridized carbons (Fsp3) is 0.267. The third kappa shape index (κ3) is 3.16. The molecule has 1 unspecified atom stereocenters. The van der Waals surface area contributed by atoms with Gasteiger partial charge < -0.3 is 14.8 Å². The molecule has 19 heavy (non-hydrogen) atoms. The maximum absolute atomic E-state index is 12.1. The van der Waals surface area contributed by atoms with Crippen molar-refractivity contribution in [1.82, 2.24) is 5.32 Å². The summed E-state index contributed by atoms with van der Waals surface area (Å²) in [6, 6.07) is 8.59. The van der Waals surface area contributed by atoms with Gasteiger partial charge in [0.05, 0.1) is 6.26 Å². The molecule has 2 rings (SSSR count). The number of phenols is 1. The maximum atomic E-state index is 12.1. The van der Waals surface area contributed by atoms with Crippen LogP contribution < -0.4 is 5.32 Å². The summed E-state index contributed by atoms with van der Waals surface area (Å²) in [7, 11) is 0. The molecule has 0 saturated carbocycles. The number of carbonyl (C=O) groups excluding carboxylic acids is 1. The number of hydrogen-bond donors (Lipinski definition) is 2. The molecule has 0 aliphatic carbocycles. The zero-order valence-electron chi connectivity index (χ0n) is 11.0. The second-order valence-electron chi connectivity index (χ2n) is 4.61. The monoisotopic (exact) mass is 259 g/mol. The van der Waals surface area contributed by atoms with E-state index in [1.807, 2.05) is 19.1 Å². The Morgan fingerprint density at radius 2 is 2.16 bits per heavy atom. The van der Waals surface area contributed by atoms with Crippen LogP contribution in [-0.4, -0.2) is 17.1 Å². The predicted octanol–water partition coefficient (Wildman–Crippen LogP) is 2.65. The van der Waals surface area contributed by atoms with E-state index in [4.69, 9.17) is 4.42 Å². The van der Waals surface area contributed by atoms with Gasteiger partial charge in [-0.25, -0.2) is 0 Å². The second-order valence-corrected chi connectivity index (χ2v) is 4.61. The van der Waals surface area contributed by atoms with Gasteiger partial charge >= 0.3 is 0 Å². The molecule has 100 valence electrons. The van der Waals surface area contributed by atoms with Crippen molar-refractivity contribution in [2.75, 3.05) is 0 Å². The van der Waals surface area contributed by atoms with E-state index in [2.05, 4.69) is 5.32 Å². The molecule has 2 aromatic rings. The summed E-state index contributed by atoms with van der Waals surface area (Å²) in [5.74, 6) is 0.777. The van der Waals surface area contributed by atoms with Crippen LogP contribution in [0.25, 0.3) is 0 Å². The van der Waals surface area contributed by atoms with Crippen LogP contribution in [0.5, 0.6) is 5.75 Å². The molecule has 1 heterocycles. The predicted molar refractivity (Wildman–Crippen MR) is 72.2 cm³/mol. The summed E-state index contributed by atoms with van der Waals surface area (Å²) in [5, 5.41) is 12.5. The molecule has 0 fully saturated rings. The molecule has 0 aliphatic rings. The van der Waals surface area contributed by atoms with Gasteiger partial charge in [-0.1, -0.05) is 6.07 Å². The van der Waals surface area contributed by atoms with Crippen LogP contribution in [0.3, 0.4) is 0 Å². The Morgan fingerprint density at radius 1 is 1.37 bits per heavy atom. The highest BCUT2D eigenvalue weighted by molar-refractivity contribution is 5.96. The van der Waals surface area contributed by atoms with Crippen molar-refractivity contribution in [3.63, 3.8) is 0 Å². The maximum Gasteiger partial charge on any atom is 0.251 e. The largest absolute Gasteiger partial charge is 0.508 e. The van der Waals surface area contributed by atoms with E-state index in [9.17, 15) is 9.90 Å². The van der Waals surface area contributed by atoms with Gasteiger partial charge in [-0.05, 0) is 38.1 Å². The van der Waals surface area contributed by atoms with E-state index in [0.29, 0.717) is 17.5 Å². The zero-order valence-corrected chi connectivity index (χ0v) is 11.0. The van der Waals surface area contributed by atoms with Crippen LogP contribution in [-0.2, 0) is 6.42 Å². The summed E-state index contributed by atoms with van der Waals surface area (Å²) < 4.78 is 5.24.